The molecule has 4 nitrogen and oxygen atoms in total. The highest BCUT2D eigenvalue weighted by Crippen LogP contribution is 2.56. The lowest BCUT2D eigenvalue weighted by Gasteiger charge is -2.35. The molecule has 4 heteroatoms. The standard InChI is InChI=1S/C16H20N2O2/c1-10(17-18-15(19)13-5-4-8-20-13)14-11-6-7-12(9-11)16(14,2)3/h4-8,11-12,14H,9H2,1-3H3,(H,18,19). The van der Waals surface area contributed by atoms with Gasteiger partial charge in [-0.3, -0.25) is 4.79 Å². The van der Waals surface area contributed by atoms with Crippen molar-refractivity contribution < 1.29 is 9.21 Å². The summed E-state index contributed by atoms with van der Waals surface area (Å²) < 4.78 is 5.05. The molecular weight excluding hydrogens is 252 g/mol. The Morgan fingerprint density at radius 3 is 2.85 bits per heavy atom. The van der Waals surface area contributed by atoms with E-state index in [0.29, 0.717) is 17.8 Å². The van der Waals surface area contributed by atoms with Crippen molar-refractivity contribution >= 4 is 11.6 Å². The van der Waals surface area contributed by atoms with E-state index in [1.807, 2.05) is 6.92 Å². The van der Waals surface area contributed by atoms with Crippen LogP contribution in [-0.4, -0.2) is 11.6 Å². The SMILES string of the molecule is CC(=NNC(=O)c1ccco1)C1C2C=CC(C2)C1(C)C. The smallest absolute Gasteiger partial charge is 0.307 e. The Morgan fingerprint density at radius 1 is 1.45 bits per heavy atom. The molecule has 0 aliphatic heterocycles. The molecule has 3 unspecified atom stereocenters. The molecule has 1 amide bonds. The van der Waals surface area contributed by atoms with E-state index >= 15 is 0 Å². The number of amides is 1. The second-order valence-corrected chi connectivity index (χ2v) is 6.36. The largest absolute Gasteiger partial charge is 0.459 e. The van der Waals surface area contributed by atoms with Crippen molar-refractivity contribution in [3.63, 3.8) is 0 Å². The second kappa shape index (κ2) is 4.62. The zero-order valence-corrected chi connectivity index (χ0v) is 12.1. The zero-order valence-electron chi connectivity index (χ0n) is 12.1. The molecule has 1 aromatic rings. The number of hydrogen-bond donors (Lipinski definition) is 1. The number of rotatable bonds is 3. The van der Waals surface area contributed by atoms with E-state index in [4.69, 9.17) is 4.42 Å². The van der Waals surface area contributed by atoms with Gasteiger partial charge < -0.3 is 4.42 Å². The summed E-state index contributed by atoms with van der Waals surface area (Å²) in [7, 11) is 0. The summed E-state index contributed by atoms with van der Waals surface area (Å²) in [5, 5.41) is 4.30. The van der Waals surface area contributed by atoms with Gasteiger partial charge in [-0.05, 0) is 42.7 Å². The molecule has 2 bridgehead atoms. The van der Waals surface area contributed by atoms with Crippen molar-refractivity contribution in [2.45, 2.75) is 27.2 Å². The fraction of sp³-hybridized carbons (Fsp3) is 0.500. The molecule has 1 fully saturated rings. The number of hydrogen-bond acceptors (Lipinski definition) is 3. The fourth-order valence-electron chi connectivity index (χ4n) is 3.83. The van der Waals surface area contributed by atoms with Gasteiger partial charge in [-0.2, -0.15) is 5.10 Å². The first-order valence-corrected chi connectivity index (χ1v) is 7.06. The number of carbonyl (C=O) groups excluding carboxylic acids is 1. The zero-order chi connectivity index (χ0) is 14.3. The van der Waals surface area contributed by atoms with Gasteiger partial charge >= 0.3 is 5.91 Å². The van der Waals surface area contributed by atoms with Gasteiger partial charge in [0, 0.05) is 11.6 Å². The normalized spacial score (nSPS) is 30.8. The fourth-order valence-corrected chi connectivity index (χ4v) is 3.83. The Labute approximate surface area is 118 Å². The van der Waals surface area contributed by atoms with Gasteiger partial charge in [-0.1, -0.05) is 26.0 Å². The summed E-state index contributed by atoms with van der Waals surface area (Å²) in [5.41, 5.74) is 3.79. The Morgan fingerprint density at radius 2 is 2.25 bits per heavy atom. The molecule has 3 atom stereocenters. The van der Waals surface area contributed by atoms with Crippen LogP contribution in [0.3, 0.4) is 0 Å². The molecule has 2 aliphatic carbocycles. The van der Waals surface area contributed by atoms with Crippen molar-refractivity contribution in [3.05, 3.63) is 36.3 Å². The quantitative estimate of drug-likeness (QED) is 0.522. The Bertz CT molecular complexity index is 569. The van der Waals surface area contributed by atoms with Crippen molar-refractivity contribution in [2.24, 2.45) is 28.3 Å². The molecule has 2 aliphatic rings. The van der Waals surface area contributed by atoms with Crippen molar-refractivity contribution in [3.8, 4) is 0 Å². The lowest BCUT2D eigenvalue weighted by Crippen LogP contribution is -2.34. The summed E-state index contributed by atoms with van der Waals surface area (Å²) in [6.07, 6.45) is 7.32. The van der Waals surface area contributed by atoms with Crippen LogP contribution < -0.4 is 5.43 Å². The lowest BCUT2D eigenvalue weighted by molar-refractivity contribution is 0.0926. The summed E-state index contributed by atoms with van der Waals surface area (Å²) in [6, 6.07) is 3.32. The van der Waals surface area contributed by atoms with E-state index in [9.17, 15) is 4.79 Å². The molecule has 20 heavy (non-hydrogen) atoms. The van der Waals surface area contributed by atoms with Crippen LogP contribution in [0.2, 0.25) is 0 Å². The molecule has 106 valence electrons. The minimum Gasteiger partial charge on any atom is -0.459 e. The van der Waals surface area contributed by atoms with Gasteiger partial charge in [0.05, 0.1) is 6.26 Å². The third-order valence-electron chi connectivity index (χ3n) is 4.83. The number of carbonyl (C=O) groups is 1. The van der Waals surface area contributed by atoms with Gasteiger partial charge in [0.1, 0.15) is 0 Å². The van der Waals surface area contributed by atoms with Gasteiger partial charge in [0.25, 0.3) is 0 Å². The van der Waals surface area contributed by atoms with Gasteiger partial charge in [-0.15, -0.1) is 0 Å². The Hall–Kier alpha value is -1.84. The highest BCUT2D eigenvalue weighted by molar-refractivity contribution is 5.93. The lowest BCUT2D eigenvalue weighted by atomic mass is 9.69. The van der Waals surface area contributed by atoms with Crippen LogP contribution in [0.1, 0.15) is 37.7 Å². The number of nitrogens with one attached hydrogen (secondary N) is 1. The highest BCUT2D eigenvalue weighted by atomic mass is 16.3. The van der Waals surface area contributed by atoms with Crippen LogP contribution in [0.25, 0.3) is 0 Å². The van der Waals surface area contributed by atoms with Crippen LogP contribution in [0, 0.1) is 23.2 Å². The van der Waals surface area contributed by atoms with E-state index in [2.05, 4.69) is 36.5 Å². The first-order chi connectivity index (χ1) is 9.50. The molecule has 1 aromatic heterocycles. The molecule has 3 rings (SSSR count). The van der Waals surface area contributed by atoms with Crippen molar-refractivity contribution in [2.75, 3.05) is 0 Å². The number of nitrogens with zero attached hydrogens (tertiary/aromatic N) is 1. The van der Waals surface area contributed by atoms with Crippen LogP contribution >= 0.6 is 0 Å². The maximum absolute atomic E-state index is 11.8. The second-order valence-electron chi connectivity index (χ2n) is 6.36. The summed E-state index contributed by atoms with van der Waals surface area (Å²) in [4.78, 5) is 11.8. The molecular formula is C16H20N2O2. The average molecular weight is 272 g/mol. The van der Waals surface area contributed by atoms with Gasteiger partial charge in [-0.25, -0.2) is 5.43 Å². The molecule has 0 radical (unpaired) electrons. The van der Waals surface area contributed by atoms with E-state index in [1.165, 1.54) is 12.7 Å². The van der Waals surface area contributed by atoms with E-state index < -0.39 is 0 Å². The van der Waals surface area contributed by atoms with E-state index in [1.54, 1.807) is 12.1 Å². The predicted octanol–water partition coefficient (Wildman–Crippen LogP) is 3.23. The monoisotopic (exact) mass is 272 g/mol. The first-order valence-electron chi connectivity index (χ1n) is 7.06. The third kappa shape index (κ3) is 1.99. The minimum atomic E-state index is -0.300. The van der Waals surface area contributed by atoms with Crippen molar-refractivity contribution in [1.29, 1.82) is 0 Å². The van der Waals surface area contributed by atoms with Crippen LogP contribution in [0.5, 0.6) is 0 Å². The summed E-state index contributed by atoms with van der Waals surface area (Å²) >= 11 is 0. The highest BCUT2D eigenvalue weighted by Gasteiger charge is 2.51. The molecule has 1 saturated carbocycles. The van der Waals surface area contributed by atoms with Crippen LogP contribution in [0.15, 0.2) is 40.1 Å². The molecule has 1 N–H and O–H groups in total. The molecule has 0 aromatic carbocycles. The first kappa shape index (κ1) is 13.2. The third-order valence-corrected chi connectivity index (χ3v) is 4.83. The number of allylic oxidation sites excluding steroid dienone is 2. The van der Waals surface area contributed by atoms with Crippen LogP contribution in [-0.2, 0) is 0 Å². The molecule has 0 spiro atoms. The number of furan rings is 1. The van der Waals surface area contributed by atoms with Gasteiger partial charge in [0.15, 0.2) is 5.76 Å². The van der Waals surface area contributed by atoms with Crippen LogP contribution in [0.4, 0.5) is 0 Å². The predicted molar refractivity (Wildman–Crippen MR) is 77.3 cm³/mol. The summed E-state index contributed by atoms with van der Waals surface area (Å²) in [6.45, 7) is 6.59. The van der Waals surface area contributed by atoms with Crippen molar-refractivity contribution in [1.82, 2.24) is 5.43 Å². The minimum absolute atomic E-state index is 0.211. The summed E-state index contributed by atoms with van der Waals surface area (Å²) in [5.74, 6) is 1.57. The van der Waals surface area contributed by atoms with E-state index in [-0.39, 0.29) is 17.1 Å². The van der Waals surface area contributed by atoms with E-state index in [0.717, 1.165) is 5.71 Å². The maximum Gasteiger partial charge on any atom is 0.307 e. The topological polar surface area (TPSA) is 54.6 Å². The Kier molecular flexibility index (Phi) is 3.04. The molecule has 1 heterocycles. The number of hydrazone groups is 1. The number of fused-ring (bicyclic) bond motifs is 2. The Balaban J connectivity index is 1.73. The van der Waals surface area contributed by atoms with Gasteiger partial charge in [0.2, 0.25) is 0 Å². The maximum atomic E-state index is 11.8. The molecule has 0 saturated heterocycles. The average Bonchev–Trinajstić information content (AvgIpc) is 3.09.